The summed E-state index contributed by atoms with van der Waals surface area (Å²) >= 11 is 6.00. The van der Waals surface area contributed by atoms with E-state index in [1.807, 2.05) is 13.0 Å². The Morgan fingerprint density at radius 1 is 1.11 bits per heavy atom. The van der Waals surface area contributed by atoms with Gasteiger partial charge in [-0.1, -0.05) is 17.7 Å². The van der Waals surface area contributed by atoms with E-state index in [0.717, 1.165) is 5.56 Å². The number of rotatable bonds is 2. The molecule has 19 heavy (non-hydrogen) atoms. The molecular weight excluding hydrogens is 262 g/mol. The first-order valence-electron chi connectivity index (χ1n) is 5.84. The smallest absolute Gasteiger partial charge is 0.255 e. The number of anilines is 1. The molecule has 2 aromatic rings. The Morgan fingerprint density at radius 3 is 2.47 bits per heavy atom. The van der Waals surface area contributed by atoms with Crippen LogP contribution in [0.5, 0.6) is 5.75 Å². The number of hydrogen-bond donors (Lipinski definition) is 2. The van der Waals surface area contributed by atoms with E-state index in [-0.39, 0.29) is 11.7 Å². The number of halogens is 1. The summed E-state index contributed by atoms with van der Waals surface area (Å²) in [6.45, 7) is 3.64. The molecule has 0 aromatic heterocycles. The van der Waals surface area contributed by atoms with Crippen LogP contribution in [0.15, 0.2) is 36.4 Å². The Morgan fingerprint density at radius 2 is 1.84 bits per heavy atom. The van der Waals surface area contributed by atoms with Crippen LogP contribution in [0, 0.1) is 13.8 Å². The van der Waals surface area contributed by atoms with E-state index in [2.05, 4.69) is 5.32 Å². The molecule has 0 aliphatic heterocycles. The maximum atomic E-state index is 12.0. The Kier molecular flexibility index (Phi) is 3.76. The maximum Gasteiger partial charge on any atom is 0.255 e. The van der Waals surface area contributed by atoms with Crippen LogP contribution in [0.4, 0.5) is 5.69 Å². The minimum absolute atomic E-state index is 0.176. The average Bonchev–Trinajstić information content (AvgIpc) is 2.37. The van der Waals surface area contributed by atoms with Gasteiger partial charge in [0.2, 0.25) is 0 Å². The Labute approximate surface area is 116 Å². The normalized spacial score (nSPS) is 10.3. The Bertz CT molecular complexity index is 638. The van der Waals surface area contributed by atoms with Crippen molar-refractivity contribution in [2.45, 2.75) is 13.8 Å². The van der Waals surface area contributed by atoms with Crippen LogP contribution in [0.2, 0.25) is 5.02 Å². The molecule has 98 valence electrons. The lowest BCUT2D eigenvalue weighted by Crippen LogP contribution is -2.12. The lowest BCUT2D eigenvalue weighted by Gasteiger charge is -2.08. The van der Waals surface area contributed by atoms with E-state index in [1.54, 1.807) is 31.2 Å². The van der Waals surface area contributed by atoms with Crippen molar-refractivity contribution in [3.05, 3.63) is 58.1 Å². The second kappa shape index (κ2) is 5.33. The van der Waals surface area contributed by atoms with E-state index in [1.165, 1.54) is 6.07 Å². The lowest BCUT2D eigenvalue weighted by atomic mass is 10.1. The zero-order valence-corrected chi connectivity index (χ0v) is 11.5. The molecule has 4 heteroatoms. The predicted molar refractivity (Wildman–Crippen MR) is 77.0 cm³/mol. The number of hydrogen-bond acceptors (Lipinski definition) is 2. The van der Waals surface area contributed by atoms with Gasteiger partial charge in [0, 0.05) is 16.3 Å². The van der Waals surface area contributed by atoms with E-state index >= 15 is 0 Å². The van der Waals surface area contributed by atoms with Crippen molar-refractivity contribution < 1.29 is 9.90 Å². The van der Waals surface area contributed by atoms with Crippen molar-refractivity contribution in [1.82, 2.24) is 0 Å². The number of benzene rings is 2. The predicted octanol–water partition coefficient (Wildman–Crippen LogP) is 3.91. The fourth-order valence-corrected chi connectivity index (χ4v) is 1.85. The van der Waals surface area contributed by atoms with Gasteiger partial charge in [0.05, 0.1) is 0 Å². The number of carbonyl (C=O) groups excluding carboxylic acids is 1. The summed E-state index contributed by atoms with van der Waals surface area (Å²) in [5.41, 5.74) is 2.76. The van der Waals surface area contributed by atoms with Crippen LogP contribution >= 0.6 is 11.6 Å². The van der Waals surface area contributed by atoms with E-state index in [0.29, 0.717) is 21.8 Å². The Hall–Kier alpha value is -2.00. The fourth-order valence-electron chi connectivity index (χ4n) is 1.67. The quantitative estimate of drug-likeness (QED) is 0.873. The molecule has 0 bridgehead atoms. The van der Waals surface area contributed by atoms with E-state index in [4.69, 9.17) is 11.6 Å². The van der Waals surface area contributed by atoms with Crippen molar-refractivity contribution in [3.8, 4) is 5.75 Å². The molecule has 3 nitrogen and oxygen atoms in total. The highest BCUT2D eigenvalue weighted by Crippen LogP contribution is 2.21. The van der Waals surface area contributed by atoms with Crippen LogP contribution in [-0.2, 0) is 0 Å². The summed E-state index contributed by atoms with van der Waals surface area (Å²) in [6, 6.07) is 10.1. The third-order valence-corrected chi connectivity index (χ3v) is 3.30. The fraction of sp³-hybridized carbons (Fsp3) is 0.133. The first-order chi connectivity index (χ1) is 8.97. The minimum atomic E-state index is -0.233. The highest BCUT2D eigenvalue weighted by molar-refractivity contribution is 6.31. The second-order valence-electron chi connectivity index (χ2n) is 4.42. The van der Waals surface area contributed by atoms with Gasteiger partial charge in [-0.2, -0.15) is 0 Å². The van der Waals surface area contributed by atoms with Crippen molar-refractivity contribution >= 4 is 23.2 Å². The maximum absolute atomic E-state index is 12.0. The molecule has 0 heterocycles. The molecule has 0 atom stereocenters. The first kappa shape index (κ1) is 13.4. The zero-order chi connectivity index (χ0) is 14.0. The van der Waals surface area contributed by atoms with Gasteiger partial charge in [0.15, 0.2) is 0 Å². The third kappa shape index (κ3) is 3.06. The molecule has 0 aliphatic rings. The zero-order valence-electron chi connectivity index (χ0n) is 10.7. The average molecular weight is 276 g/mol. The first-order valence-corrected chi connectivity index (χ1v) is 6.22. The van der Waals surface area contributed by atoms with Crippen molar-refractivity contribution in [2.75, 3.05) is 5.32 Å². The number of amides is 1. The molecule has 2 N–H and O–H groups in total. The van der Waals surface area contributed by atoms with Gasteiger partial charge in [-0.25, -0.2) is 0 Å². The van der Waals surface area contributed by atoms with Crippen LogP contribution in [0.25, 0.3) is 0 Å². The van der Waals surface area contributed by atoms with Gasteiger partial charge in [-0.3, -0.25) is 4.79 Å². The number of carbonyl (C=O) groups is 1. The van der Waals surface area contributed by atoms with Crippen LogP contribution in [-0.4, -0.2) is 11.0 Å². The summed E-state index contributed by atoms with van der Waals surface area (Å²) in [7, 11) is 0. The Balaban J connectivity index is 2.20. The largest absolute Gasteiger partial charge is 0.508 e. The SMILES string of the molecule is Cc1cc(C(=O)Nc2ccc(C)c(Cl)c2)ccc1O. The van der Waals surface area contributed by atoms with Gasteiger partial charge in [0.1, 0.15) is 5.75 Å². The summed E-state index contributed by atoms with van der Waals surface area (Å²) in [5, 5.41) is 12.8. The number of aryl methyl sites for hydroxylation is 2. The summed E-state index contributed by atoms with van der Waals surface area (Å²) in [4.78, 5) is 12.0. The lowest BCUT2D eigenvalue weighted by molar-refractivity contribution is 0.102. The second-order valence-corrected chi connectivity index (χ2v) is 4.83. The summed E-state index contributed by atoms with van der Waals surface area (Å²) < 4.78 is 0. The number of aromatic hydroxyl groups is 1. The van der Waals surface area contributed by atoms with Crippen LogP contribution < -0.4 is 5.32 Å². The number of nitrogens with one attached hydrogen (secondary N) is 1. The molecule has 0 fully saturated rings. The molecule has 0 radical (unpaired) electrons. The van der Waals surface area contributed by atoms with Gasteiger partial charge >= 0.3 is 0 Å². The highest BCUT2D eigenvalue weighted by Gasteiger charge is 2.08. The molecule has 0 spiro atoms. The molecule has 2 aromatic carbocycles. The summed E-state index contributed by atoms with van der Waals surface area (Å²) in [5.74, 6) is -0.0575. The molecule has 0 saturated carbocycles. The van der Waals surface area contributed by atoms with Crippen molar-refractivity contribution in [3.63, 3.8) is 0 Å². The van der Waals surface area contributed by atoms with Gasteiger partial charge in [0.25, 0.3) is 5.91 Å². The molecule has 0 saturated heterocycles. The monoisotopic (exact) mass is 275 g/mol. The topological polar surface area (TPSA) is 49.3 Å². The standard InChI is InChI=1S/C15H14ClNO2/c1-9-3-5-12(8-13(9)16)17-15(19)11-4-6-14(18)10(2)7-11/h3-8,18H,1-2H3,(H,17,19). The van der Waals surface area contributed by atoms with Gasteiger partial charge in [-0.05, 0) is 55.3 Å². The summed E-state index contributed by atoms with van der Waals surface area (Å²) in [6.07, 6.45) is 0. The van der Waals surface area contributed by atoms with Crippen LogP contribution in [0.1, 0.15) is 21.5 Å². The van der Waals surface area contributed by atoms with Crippen LogP contribution in [0.3, 0.4) is 0 Å². The third-order valence-electron chi connectivity index (χ3n) is 2.89. The molecular formula is C15H14ClNO2. The van der Waals surface area contributed by atoms with Gasteiger partial charge < -0.3 is 10.4 Å². The van der Waals surface area contributed by atoms with Gasteiger partial charge in [-0.15, -0.1) is 0 Å². The highest BCUT2D eigenvalue weighted by atomic mass is 35.5. The molecule has 1 amide bonds. The van der Waals surface area contributed by atoms with E-state index < -0.39 is 0 Å². The molecule has 0 aliphatic carbocycles. The van der Waals surface area contributed by atoms with Crippen molar-refractivity contribution in [1.29, 1.82) is 0 Å². The van der Waals surface area contributed by atoms with Crippen molar-refractivity contribution in [2.24, 2.45) is 0 Å². The van der Waals surface area contributed by atoms with E-state index in [9.17, 15) is 9.90 Å². The molecule has 0 unspecified atom stereocenters. The minimum Gasteiger partial charge on any atom is -0.508 e. The number of phenols is 1. The number of phenolic OH excluding ortho intramolecular Hbond substituents is 1. The molecule has 2 rings (SSSR count).